The summed E-state index contributed by atoms with van der Waals surface area (Å²) in [6, 6.07) is 14.0. The third-order valence-corrected chi connectivity index (χ3v) is 8.68. The van der Waals surface area contributed by atoms with Crippen LogP contribution < -0.4 is 4.90 Å². The Morgan fingerprint density at radius 3 is 2.35 bits per heavy atom. The summed E-state index contributed by atoms with van der Waals surface area (Å²) in [4.78, 5) is 15.3. The van der Waals surface area contributed by atoms with Crippen molar-refractivity contribution in [2.24, 2.45) is 0 Å². The van der Waals surface area contributed by atoms with Gasteiger partial charge >= 0.3 is 0 Å². The van der Waals surface area contributed by atoms with Gasteiger partial charge in [0.2, 0.25) is 15.9 Å². The number of rotatable bonds is 4. The zero-order valence-corrected chi connectivity index (χ0v) is 18.7. The van der Waals surface area contributed by atoms with E-state index in [1.807, 2.05) is 48.2 Å². The Balaban J connectivity index is 1.49. The van der Waals surface area contributed by atoms with E-state index in [2.05, 4.69) is 0 Å². The molecule has 4 rings (SSSR count). The minimum Gasteiger partial charge on any atom is -0.368 e. The van der Waals surface area contributed by atoms with Gasteiger partial charge in [-0.15, -0.1) is 0 Å². The van der Waals surface area contributed by atoms with Crippen molar-refractivity contribution in [2.75, 3.05) is 31.1 Å². The summed E-state index contributed by atoms with van der Waals surface area (Å²) in [5.41, 5.74) is 1.90. The van der Waals surface area contributed by atoms with Crippen LogP contribution in [0, 0.1) is 5.82 Å². The van der Waals surface area contributed by atoms with Crippen molar-refractivity contribution in [2.45, 2.75) is 38.1 Å². The fraction of sp³-hybridized carbons (Fsp3) is 0.435. The van der Waals surface area contributed by atoms with Crippen LogP contribution in [0.25, 0.3) is 0 Å². The second-order valence-electron chi connectivity index (χ2n) is 8.34. The van der Waals surface area contributed by atoms with E-state index in [0.717, 1.165) is 11.3 Å². The molecule has 2 aromatic rings. The maximum atomic E-state index is 14.9. The number of hydrogen-bond donors (Lipinski definition) is 0. The van der Waals surface area contributed by atoms with Crippen LogP contribution in [0.15, 0.2) is 48.5 Å². The van der Waals surface area contributed by atoms with Gasteiger partial charge in [0.15, 0.2) is 0 Å². The average Bonchev–Trinajstić information content (AvgIpc) is 2.99. The zero-order valence-electron chi connectivity index (χ0n) is 17.9. The molecule has 0 bridgehead atoms. The van der Waals surface area contributed by atoms with E-state index in [1.54, 1.807) is 17.9 Å². The van der Waals surface area contributed by atoms with Gasteiger partial charge in [0.1, 0.15) is 11.1 Å². The van der Waals surface area contributed by atoms with Gasteiger partial charge in [-0.2, -0.15) is 4.31 Å². The Labute approximate surface area is 183 Å². The summed E-state index contributed by atoms with van der Waals surface area (Å²) in [5, 5.41) is -0.594. The number of hydrogen-bond acceptors (Lipinski definition) is 4. The quantitative estimate of drug-likeness (QED) is 0.725. The molecule has 2 heterocycles. The molecule has 0 N–H and O–H groups in total. The van der Waals surface area contributed by atoms with Crippen LogP contribution in [-0.2, 0) is 21.4 Å². The molecule has 0 aromatic heterocycles. The molecule has 0 radical (unpaired) electrons. The maximum absolute atomic E-state index is 14.9. The average molecular weight is 446 g/mol. The van der Waals surface area contributed by atoms with E-state index >= 15 is 0 Å². The van der Waals surface area contributed by atoms with E-state index in [4.69, 9.17) is 0 Å². The number of amides is 1. The van der Waals surface area contributed by atoms with Gasteiger partial charge < -0.3 is 9.80 Å². The molecule has 1 unspecified atom stereocenters. The molecule has 2 atom stereocenters. The molecule has 2 aliphatic heterocycles. The third kappa shape index (κ3) is 4.32. The molecule has 8 heteroatoms. The summed E-state index contributed by atoms with van der Waals surface area (Å²) in [6.07, 6.45) is 0.493. The molecule has 166 valence electrons. The number of piperazine rings is 1. The molecule has 2 fully saturated rings. The van der Waals surface area contributed by atoms with Gasteiger partial charge in [0.05, 0.1) is 0 Å². The molecule has 2 aliphatic rings. The van der Waals surface area contributed by atoms with Crippen LogP contribution in [0.2, 0.25) is 0 Å². The minimum absolute atomic E-state index is 0.0249. The number of halogens is 1. The van der Waals surface area contributed by atoms with Crippen molar-refractivity contribution < 1.29 is 17.6 Å². The summed E-state index contributed by atoms with van der Waals surface area (Å²) in [7, 11) is -3.57. The van der Waals surface area contributed by atoms with E-state index < -0.39 is 21.1 Å². The fourth-order valence-corrected chi connectivity index (χ4v) is 6.75. The van der Waals surface area contributed by atoms with E-state index in [0.29, 0.717) is 38.2 Å². The minimum atomic E-state index is -3.57. The summed E-state index contributed by atoms with van der Waals surface area (Å²) < 4.78 is 42.7. The number of carbonyl (C=O) groups is 1. The predicted molar refractivity (Wildman–Crippen MR) is 119 cm³/mol. The number of sulfonamides is 1. The molecule has 2 saturated heterocycles. The highest BCUT2D eigenvalue weighted by Gasteiger charge is 2.44. The first-order valence-electron chi connectivity index (χ1n) is 10.6. The lowest BCUT2D eigenvalue weighted by atomic mass is 10.1. The molecular weight excluding hydrogens is 417 g/mol. The monoisotopic (exact) mass is 445 g/mol. The highest BCUT2D eigenvalue weighted by molar-refractivity contribution is 7.89. The first-order chi connectivity index (χ1) is 14.8. The van der Waals surface area contributed by atoms with Crippen molar-refractivity contribution in [3.8, 4) is 0 Å². The summed E-state index contributed by atoms with van der Waals surface area (Å²) in [6.45, 7) is 5.98. The standard InChI is InChI=1S/C23H28FN3O3S/c1-17-14-23(19-6-4-3-5-7-19)31(29,30)27(17)16-20-8-9-21(15-22(20)24)26-12-10-25(11-13-26)18(2)28/h3-9,15,17,23H,10-14,16H2,1-2H3/t17-,23?/m0/s1. The number of nitrogens with zero attached hydrogens (tertiary/aromatic N) is 3. The number of anilines is 1. The number of carbonyl (C=O) groups excluding carboxylic acids is 1. The number of benzene rings is 2. The Kier molecular flexibility index (Phi) is 6.03. The molecule has 2 aromatic carbocycles. The fourth-order valence-electron chi connectivity index (χ4n) is 4.49. The van der Waals surface area contributed by atoms with Gasteiger partial charge in [0.25, 0.3) is 0 Å². The van der Waals surface area contributed by atoms with Crippen molar-refractivity contribution >= 4 is 21.6 Å². The van der Waals surface area contributed by atoms with Crippen LogP contribution >= 0.6 is 0 Å². The molecule has 1 amide bonds. The molecule has 0 aliphatic carbocycles. The Morgan fingerprint density at radius 2 is 1.74 bits per heavy atom. The van der Waals surface area contributed by atoms with Crippen molar-refractivity contribution in [1.29, 1.82) is 0 Å². The van der Waals surface area contributed by atoms with Crippen molar-refractivity contribution in [3.05, 3.63) is 65.5 Å². The van der Waals surface area contributed by atoms with Crippen LogP contribution in [0.3, 0.4) is 0 Å². The highest BCUT2D eigenvalue weighted by atomic mass is 32.2. The Bertz CT molecular complexity index is 1050. The molecule has 31 heavy (non-hydrogen) atoms. The van der Waals surface area contributed by atoms with Gasteiger partial charge in [0, 0.05) is 56.9 Å². The van der Waals surface area contributed by atoms with Gasteiger partial charge in [-0.1, -0.05) is 36.4 Å². The first-order valence-corrected chi connectivity index (χ1v) is 12.1. The second-order valence-corrected chi connectivity index (χ2v) is 10.4. The third-order valence-electron chi connectivity index (χ3n) is 6.36. The lowest BCUT2D eigenvalue weighted by molar-refractivity contribution is -0.129. The molecule has 0 saturated carbocycles. The second kappa shape index (κ2) is 8.59. The SMILES string of the molecule is CC(=O)N1CCN(c2ccc(CN3[C@@H](C)CC(c4ccccc4)S3(=O)=O)c(F)c2)CC1. The molecule has 0 spiro atoms. The largest absolute Gasteiger partial charge is 0.368 e. The van der Waals surface area contributed by atoms with E-state index in [9.17, 15) is 17.6 Å². The first kappa shape index (κ1) is 21.8. The summed E-state index contributed by atoms with van der Waals surface area (Å²) in [5.74, 6) is -0.354. The van der Waals surface area contributed by atoms with Crippen LogP contribution in [0.1, 0.15) is 36.6 Å². The van der Waals surface area contributed by atoms with Gasteiger partial charge in [-0.25, -0.2) is 12.8 Å². The zero-order chi connectivity index (χ0) is 22.2. The predicted octanol–water partition coefficient (Wildman–Crippen LogP) is 3.16. The molecule has 6 nitrogen and oxygen atoms in total. The van der Waals surface area contributed by atoms with Crippen molar-refractivity contribution in [1.82, 2.24) is 9.21 Å². The topological polar surface area (TPSA) is 60.9 Å². The van der Waals surface area contributed by atoms with Gasteiger partial charge in [-0.3, -0.25) is 4.79 Å². The normalized spacial score (nSPS) is 23.8. The molecular formula is C23H28FN3O3S. The van der Waals surface area contributed by atoms with Crippen LogP contribution in [-0.4, -0.2) is 55.8 Å². The van der Waals surface area contributed by atoms with Crippen LogP contribution in [0.5, 0.6) is 0 Å². The van der Waals surface area contributed by atoms with Gasteiger partial charge in [-0.05, 0) is 31.0 Å². The van der Waals surface area contributed by atoms with E-state index in [-0.39, 0.29) is 18.5 Å². The summed E-state index contributed by atoms with van der Waals surface area (Å²) >= 11 is 0. The van der Waals surface area contributed by atoms with Crippen molar-refractivity contribution in [3.63, 3.8) is 0 Å². The van der Waals surface area contributed by atoms with E-state index in [1.165, 1.54) is 10.4 Å². The lowest BCUT2D eigenvalue weighted by Crippen LogP contribution is -2.48. The smallest absolute Gasteiger partial charge is 0.221 e. The highest BCUT2D eigenvalue weighted by Crippen LogP contribution is 2.40. The van der Waals surface area contributed by atoms with Crippen LogP contribution in [0.4, 0.5) is 10.1 Å². The Hall–Kier alpha value is -2.45. The lowest BCUT2D eigenvalue weighted by Gasteiger charge is -2.35. The Morgan fingerprint density at radius 1 is 1.06 bits per heavy atom. The maximum Gasteiger partial charge on any atom is 0.221 e.